The highest BCUT2D eigenvalue weighted by molar-refractivity contribution is 5.43. The number of hydrogen-bond acceptors (Lipinski definition) is 3. The van der Waals surface area contributed by atoms with E-state index in [0.717, 1.165) is 18.4 Å². The van der Waals surface area contributed by atoms with Gasteiger partial charge in [0.05, 0.1) is 17.2 Å². The van der Waals surface area contributed by atoms with E-state index in [0.29, 0.717) is 5.56 Å². The van der Waals surface area contributed by atoms with E-state index in [4.69, 9.17) is 5.26 Å². The Morgan fingerprint density at radius 1 is 1.29 bits per heavy atom. The topological polar surface area (TPSA) is 53.2 Å². The van der Waals surface area contributed by atoms with Crippen molar-refractivity contribution in [1.29, 1.82) is 5.26 Å². The van der Waals surface area contributed by atoms with Crippen LogP contribution in [0.25, 0.3) is 0 Å². The van der Waals surface area contributed by atoms with Gasteiger partial charge in [-0.05, 0) is 30.5 Å². The molecular formula is C11H8N2O. The Morgan fingerprint density at radius 2 is 1.93 bits per heavy atom. The molecule has 0 heterocycles. The third kappa shape index (κ3) is 1.32. The third-order valence-electron chi connectivity index (χ3n) is 2.53. The maximum atomic E-state index is 10.2. The molecule has 0 spiro atoms. The van der Waals surface area contributed by atoms with Crippen LogP contribution in [0.4, 0.5) is 0 Å². The van der Waals surface area contributed by atoms with Gasteiger partial charge in [0, 0.05) is 0 Å². The molecule has 0 saturated heterocycles. The van der Waals surface area contributed by atoms with Crippen LogP contribution in [0, 0.1) is 11.3 Å². The van der Waals surface area contributed by atoms with E-state index in [2.05, 4.69) is 11.1 Å². The SMILES string of the molecule is N#Cc1ccc(C2(N=C=O)CC2)cc1. The van der Waals surface area contributed by atoms with Crippen molar-refractivity contribution >= 4 is 6.08 Å². The maximum absolute atomic E-state index is 10.2. The lowest BCUT2D eigenvalue weighted by atomic mass is 10.0. The molecule has 0 N–H and O–H groups in total. The van der Waals surface area contributed by atoms with Crippen LogP contribution < -0.4 is 0 Å². The van der Waals surface area contributed by atoms with Crippen LogP contribution in [0.15, 0.2) is 29.3 Å². The lowest BCUT2D eigenvalue weighted by Gasteiger charge is -2.06. The smallest absolute Gasteiger partial charge is 0.211 e. The first kappa shape index (κ1) is 8.68. The predicted octanol–water partition coefficient (Wildman–Crippen LogP) is 1.88. The quantitative estimate of drug-likeness (QED) is 0.520. The van der Waals surface area contributed by atoms with Crippen molar-refractivity contribution in [2.24, 2.45) is 4.99 Å². The lowest BCUT2D eigenvalue weighted by Crippen LogP contribution is -2.01. The van der Waals surface area contributed by atoms with Crippen molar-refractivity contribution < 1.29 is 4.79 Å². The molecule has 0 unspecified atom stereocenters. The molecule has 14 heavy (non-hydrogen) atoms. The minimum absolute atomic E-state index is 0.324. The van der Waals surface area contributed by atoms with E-state index in [1.807, 2.05) is 12.1 Å². The van der Waals surface area contributed by atoms with E-state index < -0.39 is 0 Å². The summed E-state index contributed by atoms with van der Waals surface area (Å²) in [6.45, 7) is 0. The minimum Gasteiger partial charge on any atom is -0.211 e. The van der Waals surface area contributed by atoms with Gasteiger partial charge in [-0.1, -0.05) is 12.1 Å². The molecule has 1 aromatic rings. The largest absolute Gasteiger partial charge is 0.235 e. The maximum Gasteiger partial charge on any atom is 0.235 e. The fourth-order valence-corrected chi connectivity index (χ4v) is 1.53. The zero-order valence-corrected chi connectivity index (χ0v) is 7.53. The average molecular weight is 184 g/mol. The van der Waals surface area contributed by atoms with Gasteiger partial charge < -0.3 is 0 Å². The highest BCUT2D eigenvalue weighted by Crippen LogP contribution is 2.49. The molecule has 0 atom stereocenters. The Balaban J connectivity index is 2.35. The van der Waals surface area contributed by atoms with E-state index in [1.165, 1.54) is 0 Å². The molecule has 1 aromatic carbocycles. The zero-order chi connectivity index (χ0) is 10.0. The number of carbonyl (C=O) groups excluding carboxylic acids is 1. The van der Waals surface area contributed by atoms with Crippen molar-refractivity contribution in [3.05, 3.63) is 35.4 Å². The summed E-state index contributed by atoms with van der Waals surface area (Å²) in [5.74, 6) is 0. The van der Waals surface area contributed by atoms with Crippen LogP contribution in [-0.2, 0) is 10.3 Å². The number of isocyanates is 1. The molecule has 1 aliphatic carbocycles. The van der Waals surface area contributed by atoms with E-state index >= 15 is 0 Å². The van der Waals surface area contributed by atoms with Crippen LogP contribution >= 0.6 is 0 Å². The number of nitriles is 1. The van der Waals surface area contributed by atoms with E-state index in [9.17, 15) is 4.79 Å². The second kappa shape index (κ2) is 3.10. The Morgan fingerprint density at radius 3 is 2.36 bits per heavy atom. The number of aliphatic imine (C=N–C) groups is 1. The summed E-state index contributed by atoms with van der Waals surface area (Å²) in [5.41, 5.74) is 1.30. The van der Waals surface area contributed by atoms with Gasteiger partial charge in [-0.2, -0.15) is 10.3 Å². The van der Waals surface area contributed by atoms with Crippen LogP contribution in [0.1, 0.15) is 24.0 Å². The van der Waals surface area contributed by atoms with Gasteiger partial charge >= 0.3 is 0 Å². The minimum atomic E-state index is -0.324. The fraction of sp³-hybridized carbons (Fsp3) is 0.273. The molecule has 0 radical (unpaired) electrons. The average Bonchev–Trinajstić information content (AvgIpc) is 3.00. The highest BCUT2D eigenvalue weighted by atomic mass is 16.1. The lowest BCUT2D eigenvalue weighted by molar-refractivity contribution is 0.556. The second-order valence-corrected chi connectivity index (χ2v) is 3.42. The summed E-state index contributed by atoms with van der Waals surface area (Å²) in [6.07, 6.45) is 3.40. The monoisotopic (exact) mass is 184 g/mol. The first-order chi connectivity index (χ1) is 6.80. The van der Waals surface area contributed by atoms with Gasteiger partial charge in [0.15, 0.2) is 0 Å². The molecule has 3 heteroatoms. The van der Waals surface area contributed by atoms with E-state index in [1.54, 1.807) is 18.2 Å². The molecule has 2 rings (SSSR count). The van der Waals surface area contributed by atoms with Gasteiger partial charge in [0.2, 0.25) is 6.08 Å². The molecule has 68 valence electrons. The molecule has 0 bridgehead atoms. The van der Waals surface area contributed by atoms with Crippen molar-refractivity contribution in [1.82, 2.24) is 0 Å². The van der Waals surface area contributed by atoms with E-state index in [-0.39, 0.29) is 5.54 Å². The number of hydrogen-bond donors (Lipinski definition) is 0. The summed E-state index contributed by atoms with van der Waals surface area (Å²) in [4.78, 5) is 14.0. The predicted molar refractivity (Wildman–Crippen MR) is 50.2 cm³/mol. The Kier molecular flexibility index (Phi) is 1.92. The summed E-state index contributed by atoms with van der Waals surface area (Å²) >= 11 is 0. The Bertz CT molecular complexity index is 431. The Hall–Kier alpha value is -1.91. The van der Waals surface area contributed by atoms with Crippen molar-refractivity contribution in [2.75, 3.05) is 0 Å². The van der Waals surface area contributed by atoms with Gasteiger partial charge in [-0.15, -0.1) is 0 Å². The number of nitrogens with zero attached hydrogens (tertiary/aromatic N) is 2. The molecule has 0 amide bonds. The molecular weight excluding hydrogens is 176 g/mol. The zero-order valence-electron chi connectivity index (χ0n) is 7.53. The number of benzene rings is 1. The first-order valence-electron chi connectivity index (χ1n) is 4.40. The highest BCUT2D eigenvalue weighted by Gasteiger charge is 2.44. The van der Waals surface area contributed by atoms with Crippen LogP contribution in [0.3, 0.4) is 0 Å². The Labute approximate surface area is 81.7 Å². The molecule has 1 aliphatic rings. The summed E-state index contributed by atoms with van der Waals surface area (Å²) in [7, 11) is 0. The van der Waals surface area contributed by atoms with Gasteiger partial charge in [0.1, 0.15) is 0 Å². The van der Waals surface area contributed by atoms with Crippen molar-refractivity contribution in [3.8, 4) is 6.07 Å². The van der Waals surface area contributed by atoms with Crippen molar-refractivity contribution in [2.45, 2.75) is 18.4 Å². The standard InChI is InChI=1S/C11H8N2O/c12-7-9-1-3-10(4-2-9)11(5-6-11)13-8-14/h1-4H,5-6H2. The fourth-order valence-electron chi connectivity index (χ4n) is 1.53. The second-order valence-electron chi connectivity index (χ2n) is 3.42. The third-order valence-corrected chi connectivity index (χ3v) is 2.53. The van der Waals surface area contributed by atoms with Crippen molar-refractivity contribution in [3.63, 3.8) is 0 Å². The summed E-state index contributed by atoms with van der Waals surface area (Å²) in [6, 6.07) is 9.25. The summed E-state index contributed by atoms with van der Waals surface area (Å²) in [5, 5.41) is 8.61. The van der Waals surface area contributed by atoms with Crippen LogP contribution in [0.2, 0.25) is 0 Å². The molecule has 0 aromatic heterocycles. The number of rotatable bonds is 2. The van der Waals surface area contributed by atoms with Gasteiger partial charge in [0.25, 0.3) is 0 Å². The summed E-state index contributed by atoms with van der Waals surface area (Å²) < 4.78 is 0. The molecule has 1 saturated carbocycles. The first-order valence-corrected chi connectivity index (χ1v) is 4.40. The normalized spacial score (nSPS) is 16.5. The molecule has 1 fully saturated rings. The molecule has 0 aliphatic heterocycles. The van der Waals surface area contributed by atoms with Gasteiger partial charge in [-0.3, -0.25) is 0 Å². The molecule has 3 nitrogen and oxygen atoms in total. The van der Waals surface area contributed by atoms with Gasteiger partial charge in [-0.25, -0.2) is 4.79 Å². The van der Waals surface area contributed by atoms with Crippen LogP contribution in [0.5, 0.6) is 0 Å². The van der Waals surface area contributed by atoms with Crippen LogP contribution in [-0.4, -0.2) is 6.08 Å².